The maximum absolute atomic E-state index is 12.4. The zero-order valence-corrected chi connectivity index (χ0v) is 17.9. The number of nitrogens with zero attached hydrogens (tertiary/aromatic N) is 1. The highest BCUT2D eigenvalue weighted by molar-refractivity contribution is 8.26. The summed E-state index contributed by atoms with van der Waals surface area (Å²) in [7, 11) is 0. The van der Waals surface area contributed by atoms with Crippen LogP contribution in [0, 0.1) is 0 Å². The third-order valence-corrected chi connectivity index (χ3v) is 6.42. The van der Waals surface area contributed by atoms with Crippen LogP contribution in [0.4, 0.5) is 0 Å². The summed E-state index contributed by atoms with van der Waals surface area (Å²) in [6.07, 6.45) is 1.86. The molecule has 1 fully saturated rings. The van der Waals surface area contributed by atoms with E-state index in [-0.39, 0.29) is 5.91 Å². The Morgan fingerprint density at radius 1 is 1.22 bits per heavy atom. The number of halogens is 1. The van der Waals surface area contributed by atoms with Gasteiger partial charge >= 0.3 is 0 Å². The molecule has 0 aromatic heterocycles. The third-order valence-electron chi connectivity index (χ3n) is 3.82. The molecule has 0 spiro atoms. The zero-order valence-electron chi connectivity index (χ0n) is 14.7. The molecule has 140 valence electrons. The minimum atomic E-state index is -0.0411. The van der Waals surface area contributed by atoms with E-state index in [0.717, 1.165) is 27.0 Å². The van der Waals surface area contributed by atoms with Gasteiger partial charge in [-0.15, -0.1) is 11.8 Å². The number of hydrogen-bond acceptors (Lipinski definition) is 5. The van der Waals surface area contributed by atoms with Crippen LogP contribution in [-0.4, -0.2) is 34.0 Å². The molecule has 2 aromatic rings. The first-order valence-corrected chi connectivity index (χ1v) is 11.0. The molecule has 7 heteroatoms. The van der Waals surface area contributed by atoms with Crippen LogP contribution in [0.25, 0.3) is 6.08 Å². The summed E-state index contributed by atoms with van der Waals surface area (Å²) in [6.45, 7) is 3.07. The Hall–Kier alpha value is -1.47. The minimum absolute atomic E-state index is 0.0411. The average Bonchev–Trinajstić information content (AvgIpc) is 2.94. The Balaban J connectivity index is 1.62. The lowest BCUT2D eigenvalue weighted by atomic mass is 10.2. The highest BCUT2D eigenvalue weighted by atomic mass is 35.5. The summed E-state index contributed by atoms with van der Waals surface area (Å²) in [5.41, 5.74) is 0.880. The number of carbonyl (C=O) groups is 1. The predicted octanol–water partition coefficient (Wildman–Crippen LogP) is 5.73. The fourth-order valence-electron chi connectivity index (χ4n) is 2.49. The van der Waals surface area contributed by atoms with E-state index in [2.05, 4.69) is 0 Å². The summed E-state index contributed by atoms with van der Waals surface area (Å²) >= 11 is 14.2. The van der Waals surface area contributed by atoms with Gasteiger partial charge in [0.2, 0.25) is 0 Å². The van der Waals surface area contributed by atoms with Gasteiger partial charge in [-0.05, 0) is 43.3 Å². The highest BCUT2D eigenvalue weighted by Gasteiger charge is 2.30. The van der Waals surface area contributed by atoms with E-state index in [4.69, 9.17) is 28.6 Å². The molecule has 0 atom stereocenters. The molecule has 0 radical (unpaired) electrons. The van der Waals surface area contributed by atoms with Crippen LogP contribution in [-0.2, 0) is 4.79 Å². The van der Waals surface area contributed by atoms with Crippen LogP contribution in [0.1, 0.15) is 12.5 Å². The molecule has 1 saturated heterocycles. The smallest absolute Gasteiger partial charge is 0.266 e. The number of amides is 1. The van der Waals surface area contributed by atoms with Gasteiger partial charge < -0.3 is 4.74 Å². The van der Waals surface area contributed by atoms with Gasteiger partial charge in [-0.25, -0.2) is 0 Å². The first kappa shape index (κ1) is 20.3. The van der Waals surface area contributed by atoms with E-state index < -0.39 is 0 Å². The minimum Gasteiger partial charge on any atom is -0.492 e. The Bertz CT molecular complexity index is 868. The second-order valence-electron chi connectivity index (χ2n) is 5.61. The molecular weight excluding hydrogens is 418 g/mol. The van der Waals surface area contributed by atoms with Crippen molar-refractivity contribution in [1.82, 2.24) is 4.90 Å². The van der Waals surface area contributed by atoms with Crippen LogP contribution in [0.5, 0.6) is 5.75 Å². The Morgan fingerprint density at radius 2 is 1.96 bits per heavy atom. The molecule has 0 bridgehead atoms. The van der Waals surface area contributed by atoms with Crippen molar-refractivity contribution in [3.8, 4) is 5.75 Å². The van der Waals surface area contributed by atoms with Crippen molar-refractivity contribution in [1.29, 1.82) is 0 Å². The number of thiocarbonyl (C=S) groups is 1. The quantitative estimate of drug-likeness (QED) is 0.240. The predicted molar refractivity (Wildman–Crippen MR) is 120 cm³/mol. The van der Waals surface area contributed by atoms with Crippen molar-refractivity contribution in [3.63, 3.8) is 0 Å². The van der Waals surface area contributed by atoms with Gasteiger partial charge in [-0.3, -0.25) is 9.69 Å². The van der Waals surface area contributed by atoms with E-state index in [1.165, 1.54) is 11.8 Å². The summed E-state index contributed by atoms with van der Waals surface area (Å²) in [4.78, 5) is 15.8. The van der Waals surface area contributed by atoms with Crippen LogP contribution in [0.15, 0.2) is 58.3 Å². The molecule has 0 N–H and O–H groups in total. The van der Waals surface area contributed by atoms with Crippen molar-refractivity contribution in [2.45, 2.75) is 11.8 Å². The molecule has 3 rings (SSSR count). The molecule has 1 heterocycles. The van der Waals surface area contributed by atoms with Crippen molar-refractivity contribution in [3.05, 3.63) is 64.0 Å². The summed E-state index contributed by atoms with van der Waals surface area (Å²) in [5.74, 6) is 1.53. The van der Waals surface area contributed by atoms with Crippen LogP contribution >= 0.6 is 47.3 Å². The van der Waals surface area contributed by atoms with Gasteiger partial charge in [0.1, 0.15) is 10.1 Å². The summed E-state index contributed by atoms with van der Waals surface area (Å²) in [5, 5.41) is 0.734. The second kappa shape index (κ2) is 9.64. The van der Waals surface area contributed by atoms with Gasteiger partial charge in [0.05, 0.1) is 11.5 Å². The maximum Gasteiger partial charge on any atom is 0.266 e. The third kappa shape index (κ3) is 5.29. The summed E-state index contributed by atoms with van der Waals surface area (Å²) in [6, 6.07) is 15.5. The Kier molecular flexibility index (Phi) is 7.24. The van der Waals surface area contributed by atoms with Crippen molar-refractivity contribution in [2.24, 2.45) is 0 Å². The van der Waals surface area contributed by atoms with Gasteiger partial charge in [0, 0.05) is 27.8 Å². The fraction of sp³-hybridized carbons (Fsp3) is 0.200. The number of para-hydroxylation sites is 1. The van der Waals surface area contributed by atoms with E-state index >= 15 is 0 Å². The normalized spacial score (nSPS) is 15.6. The van der Waals surface area contributed by atoms with Gasteiger partial charge in [0.25, 0.3) is 5.91 Å². The monoisotopic (exact) mass is 435 g/mol. The highest BCUT2D eigenvalue weighted by Crippen LogP contribution is 2.34. The van der Waals surface area contributed by atoms with Crippen LogP contribution in [0.3, 0.4) is 0 Å². The second-order valence-corrected chi connectivity index (χ2v) is 8.90. The van der Waals surface area contributed by atoms with Gasteiger partial charge in [-0.2, -0.15) is 0 Å². The van der Waals surface area contributed by atoms with Gasteiger partial charge in [0.15, 0.2) is 0 Å². The standard InChI is InChI=1S/C20H18ClNO2S3/c1-2-22-19(23)18(27-20(22)25)13-14-5-3-4-6-17(14)24-11-12-26-16-9-7-15(21)8-10-16/h3-10,13H,2,11-12H2,1H3. The van der Waals surface area contributed by atoms with Gasteiger partial charge in [-0.1, -0.05) is 53.8 Å². The molecular formula is C20H18ClNO2S3. The molecule has 2 aromatic carbocycles. The molecule has 1 aliphatic heterocycles. The lowest BCUT2D eigenvalue weighted by Gasteiger charge is -2.10. The molecule has 3 nitrogen and oxygen atoms in total. The van der Waals surface area contributed by atoms with E-state index in [1.54, 1.807) is 16.7 Å². The van der Waals surface area contributed by atoms with Crippen LogP contribution < -0.4 is 4.74 Å². The van der Waals surface area contributed by atoms with E-state index in [9.17, 15) is 4.79 Å². The van der Waals surface area contributed by atoms with Crippen LogP contribution in [0.2, 0.25) is 5.02 Å². The van der Waals surface area contributed by atoms with E-state index in [1.807, 2.05) is 61.5 Å². The lowest BCUT2D eigenvalue weighted by Crippen LogP contribution is -2.27. The molecule has 0 aliphatic carbocycles. The number of carbonyl (C=O) groups excluding carboxylic acids is 1. The SMILES string of the molecule is CCN1C(=O)C(=Cc2ccccc2OCCSc2ccc(Cl)cc2)SC1=S. The Labute approximate surface area is 178 Å². The number of likely N-dealkylation sites (N-methyl/N-ethyl adjacent to an activating group) is 1. The molecule has 0 saturated carbocycles. The average molecular weight is 436 g/mol. The first-order valence-electron chi connectivity index (χ1n) is 8.44. The summed E-state index contributed by atoms with van der Waals surface area (Å²) < 4.78 is 6.55. The van der Waals surface area contributed by atoms with Crippen molar-refractivity contribution in [2.75, 3.05) is 18.9 Å². The topological polar surface area (TPSA) is 29.5 Å². The number of benzene rings is 2. The number of ether oxygens (including phenoxy) is 1. The first-order chi connectivity index (χ1) is 13.1. The molecule has 1 aliphatic rings. The van der Waals surface area contributed by atoms with Crippen molar-refractivity contribution >= 4 is 63.6 Å². The zero-order chi connectivity index (χ0) is 19.2. The fourth-order valence-corrected chi connectivity index (χ4v) is 4.72. The molecule has 1 amide bonds. The number of rotatable bonds is 7. The van der Waals surface area contributed by atoms with Crippen molar-refractivity contribution < 1.29 is 9.53 Å². The Morgan fingerprint density at radius 3 is 2.67 bits per heavy atom. The lowest BCUT2D eigenvalue weighted by molar-refractivity contribution is -0.121. The molecule has 27 heavy (non-hydrogen) atoms. The number of hydrogen-bond donors (Lipinski definition) is 0. The molecule has 0 unspecified atom stereocenters. The number of thioether (sulfide) groups is 2. The largest absolute Gasteiger partial charge is 0.492 e. The maximum atomic E-state index is 12.4. The van der Waals surface area contributed by atoms with E-state index in [0.29, 0.717) is 22.4 Å².